The van der Waals surface area contributed by atoms with Gasteiger partial charge in [0.25, 0.3) is 0 Å². The highest BCUT2D eigenvalue weighted by molar-refractivity contribution is 5.82. The molecule has 3 heteroatoms. The normalized spacial score (nSPS) is 21.6. The Hall–Kier alpha value is -2.20. The summed E-state index contributed by atoms with van der Waals surface area (Å²) in [6.07, 6.45) is 0. The third kappa shape index (κ3) is 3.97. The largest absolute Gasteiger partial charge is 0.296 e. The van der Waals surface area contributed by atoms with Crippen molar-refractivity contribution in [3.63, 3.8) is 0 Å². The standard InChI is InChI=1S/C25H29N3/c1-2-6-21(7-3-1)17-26-12-14-28-15-13-27(20-25(28)19-26)18-22-10-11-23-8-4-5-9-24(23)16-22/h1-11,16,25H,12-15,17-20H2. The van der Waals surface area contributed by atoms with Crippen LogP contribution < -0.4 is 0 Å². The molecule has 3 nitrogen and oxygen atoms in total. The Morgan fingerprint density at radius 3 is 2.00 bits per heavy atom. The zero-order chi connectivity index (χ0) is 18.8. The van der Waals surface area contributed by atoms with E-state index in [4.69, 9.17) is 0 Å². The molecule has 0 aliphatic carbocycles. The molecule has 0 spiro atoms. The van der Waals surface area contributed by atoms with Crippen molar-refractivity contribution in [3.8, 4) is 0 Å². The van der Waals surface area contributed by atoms with Gasteiger partial charge in [-0.3, -0.25) is 14.7 Å². The number of rotatable bonds is 4. The third-order valence-corrected chi connectivity index (χ3v) is 6.33. The molecule has 0 amide bonds. The summed E-state index contributed by atoms with van der Waals surface area (Å²) in [4.78, 5) is 7.99. The van der Waals surface area contributed by atoms with Gasteiger partial charge in [-0.25, -0.2) is 0 Å². The molecule has 5 rings (SSSR count). The second-order valence-corrected chi connectivity index (χ2v) is 8.33. The molecule has 0 saturated carbocycles. The van der Waals surface area contributed by atoms with Crippen LogP contribution >= 0.6 is 0 Å². The lowest BCUT2D eigenvalue weighted by atomic mass is 10.0. The van der Waals surface area contributed by atoms with E-state index in [-0.39, 0.29) is 0 Å². The van der Waals surface area contributed by atoms with E-state index in [2.05, 4.69) is 87.5 Å². The van der Waals surface area contributed by atoms with Gasteiger partial charge in [-0.15, -0.1) is 0 Å². The summed E-state index contributed by atoms with van der Waals surface area (Å²) in [5.41, 5.74) is 2.86. The van der Waals surface area contributed by atoms with Gasteiger partial charge in [-0.05, 0) is 28.0 Å². The van der Waals surface area contributed by atoms with Crippen LogP contribution in [0.1, 0.15) is 11.1 Å². The van der Waals surface area contributed by atoms with Crippen molar-refractivity contribution < 1.29 is 0 Å². The molecular weight excluding hydrogens is 342 g/mol. The molecule has 144 valence electrons. The lowest BCUT2D eigenvalue weighted by molar-refractivity contribution is 0.00673. The van der Waals surface area contributed by atoms with Gasteiger partial charge in [-0.1, -0.05) is 66.7 Å². The van der Waals surface area contributed by atoms with Gasteiger partial charge in [0, 0.05) is 58.4 Å². The zero-order valence-electron chi connectivity index (χ0n) is 16.5. The molecule has 2 heterocycles. The Balaban J connectivity index is 1.22. The number of fused-ring (bicyclic) bond motifs is 2. The molecular formula is C25H29N3. The average Bonchev–Trinajstić information content (AvgIpc) is 2.74. The van der Waals surface area contributed by atoms with Crippen LogP contribution in [-0.2, 0) is 13.1 Å². The van der Waals surface area contributed by atoms with Crippen molar-refractivity contribution in [2.45, 2.75) is 19.1 Å². The summed E-state index contributed by atoms with van der Waals surface area (Å²) in [7, 11) is 0. The number of hydrogen-bond donors (Lipinski definition) is 0. The first-order valence-electron chi connectivity index (χ1n) is 10.5. The maximum absolute atomic E-state index is 2.71. The van der Waals surface area contributed by atoms with Crippen molar-refractivity contribution in [1.82, 2.24) is 14.7 Å². The van der Waals surface area contributed by atoms with Crippen molar-refractivity contribution in [2.24, 2.45) is 0 Å². The van der Waals surface area contributed by atoms with Gasteiger partial charge in [0.15, 0.2) is 0 Å². The van der Waals surface area contributed by atoms with Crippen LogP contribution in [0.2, 0.25) is 0 Å². The highest BCUT2D eigenvalue weighted by Crippen LogP contribution is 2.21. The average molecular weight is 372 g/mol. The van der Waals surface area contributed by atoms with Crippen LogP contribution in [0.4, 0.5) is 0 Å². The molecule has 0 radical (unpaired) electrons. The molecule has 0 N–H and O–H groups in total. The first kappa shape index (κ1) is 17.9. The van der Waals surface area contributed by atoms with Gasteiger partial charge < -0.3 is 0 Å². The molecule has 28 heavy (non-hydrogen) atoms. The minimum Gasteiger partial charge on any atom is -0.296 e. The minimum absolute atomic E-state index is 0.659. The highest BCUT2D eigenvalue weighted by Gasteiger charge is 2.31. The maximum atomic E-state index is 2.71. The smallest absolute Gasteiger partial charge is 0.0351 e. The monoisotopic (exact) mass is 371 g/mol. The number of hydrogen-bond acceptors (Lipinski definition) is 3. The van der Waals surface area contributed by atoms with E-state index in [0.29, 0.717) is 6.04 Å². The Bertz CT molecular complexity index is 923. The molecule has 2 aliphatic rings. The van der Waals surface area contributed by atoms with Crippen LogP contribution in [0.3, 0.4) is 0 Å². The summed E-state index contributed by atoms with van der Waals surface area (Å²) >= 11 is 0. The van der Waals surface area contributed by atoms with Crippen LogP contribution in [0.5, 0.6) is 0 Å². The highest BCUT2D eigenvalue weighted by atomic mass is 15.3. The predicted molar refractivity (Wildman–Crippen MR) is 116 cm³/mol. The van der Waals surface area contributed by atoms with Gasteiger partial charge >= 0.3 is 0 Å². The summed E-state index contributed by atoms with van der Waals surface area (Å²) in [6, 6.07) is 27.2. The molecule has 2 aliphatic heterocycles. The first-order valence-corrected chi connectivity index (χ1v) is 10.5. The molecule has 0 aromatic heterocycles. The van der Waals surface area contributed by atoms with Crippen molar-refractivity contribution in [3.05, 3.63) is 83.9 Å². The van der Waals surface area contributed by atoms with E-state index in [0.717, 1.165) is 13.1 Å². The van der Waals surface area contributed by atoms with E-state index in [1.54, 1.807) is 0 Å². The molecule has 2 fully saturated rings. The van der Waals surface area contributed by atoms with Gasteiger partial charge in [-0.2, -0.15) is 0 Å². The number of piperazine rings is 2. The first-order chi connectivity index (χ1) is 13.8. The summed E-state index contributed by atoms with van der Waals surface area (Å²) in [5, 5.41) is 2.69. The minimum atomic E-state index is 0.659. The third-order valence-electron chi connectivity index (χ3n) is 6.33. The summed E-state index contributed by atoms with van der Waals surface area (Å²) < 4.78 is 0. The molecule has 2 saturated heterocycles. The van der Waals surface area contributed by atoms with Crippen LogP contribution in [0.25, 0.3) is 10.8 Å². The summed E-state index contributed by atoms with van der Waals surface area (Å²) in [6.45, 7) is 9.29. The number of benzene rings is 3. The summed E-state index contributed by atoms with van der Waals surface area (Å²) in [5.74, 6) is 0. The van der Waals surface area contributed by atoms with Gasteiger partial charge in [0.1, 0.15) is 0 Å². The second kappa shape index (κ2) is 8.04. The predicted octanol–water partition coefficient (Wildman–Crippen LogP) is 3.84. The van der Waals surface area contributed by atoms with Crippen LogP contribution in [0, 0.1) is 0 Å². The Labute approximate surface area is 168 Å². The lowest BCUT2D eigenvalue weighted by Crippen LogP contribution is -2.61. The van der Waals surface area contributed by atoms with Crippen LogP contribution in [0.15, 0.2) is 72.8 Å². The Morgan fingerprint density at radius 1 is 0.607 bits per heavy atom. The van der Waals surface area contributed by atoms with E-state index in [1.165, 1.54) is 61.2 Å². The van der Waals surface area contributed by atoms with E-state index in [9.17, 15) is 0 Å². The second-order valence-electron chi connectivity index (χ2n) is 8.33. The fourth-order valence-corrected chi connectivity index (χ4v) is 4.81. The molecule has 3 aromatic carbocycles. The van der Waals surface area contributed by atoms with Crippen molar-refractivity contribution in [1.29, 1.82) is 0 Å². The molecule has 3 aromatic rings. The lowest BCUT2D eigenvalue weighted by Gasteiger charge is -2.47. The molecule has 0 bridgehead atoms. The number of nitrogens with zero attached hydrogens (tertiary/aromatic N) is 3. The van der Waals surface area contributed by atoms with E-state index >= 15 is 0 Å². The Kier molecular flexibility index (Phi) is 5.13. The Morgan fingerprint density at radius 2 is 1.25 bits per heavy atom. The van der Waals surface area contributed by atoms with Crippen molar-refractivity contribution in [2.75, 3.05) is 39.3 Å². The maximum Gasteiger partial charge on any atom is 0.0351 e. The van der Waals surface area contributed by atoms with E-state index < -0.39 is 0 Å². The zero-order valence-corrected chi connectivity index (χ0v) is 16.5. The van der Waals surface area contributed by atoms with Crippen LogP contribution in [-0.4, -0.2) is 60.0 Å². The van der Waals surface area contributed by atoms with Crippen molar-refractivity contribution >= 4 is 10.8 Å². The molecule has 1 atom stereocenters. The molecule has 1 unspecified atom stereocenters. The van der Waals surface area contributed by atoms with Gasteiger partial charge in [0.05, 0.1) is 0 Å². The van der Waals surface area contributed by atoms with E-state index in [1.807, 2.05) is 0 Å². The topological polar surface area (TPSA) is 9.72 Å². The fraction of sp³-hybridized carbons (Fsp3) is 0.360. The quantitative estimate of drug-likeness (QED) is 0.690. The fourth-order valence-electron chi connectivity index (χ4n) is 4.81. The van der Waals surface area contributed by atoms with Gasteiger partial charge in [0.2, 0.25) is 0 Å². The SMILES string of the molecule is c1ccc(CN2CCN3CCN(Cc4ccc5ccccc5c4)CC3C2)cc1.